The van der Waals surface area contributed by atoms with Crippen LogP contribution in [-0.4, -0.2) is 34.2 Å². The fraction of sp³-hybridized carbons (Fsp3) is 0.583. The Hall–Kier alpha value is -1.93. The number of nitro groups is 1. The molecule has 110 valence electrons. The van der Waals surface area contributed by atoms with Gasteiger partial charge in [-0.15, -0.1) is 0 Å². The van der Waals surface area contributed by atoms with Crippen molar-refractivity contribution in [2.24, 2.45) is 5.84 Å². The second-order valence-electron chi connectivity index (χ2n) is 4.82. The number of nitrogens with two attached hydrogens (primary N) is 1. The largest absolute Gasteiger partial charge is 0.394 e. The number of nitrogens with one attached hydrogen (secondary N) is 1. The van der Waals surface area contributed by atoms with Crippen molar-refractivity contribution >= 4 is 17.3 Å². The number of aromatic nitrogens is 1. The van der Waals surface area contributed by atoms with Crippen LogP contribution in [0.25, 0.3) is 0 Å². The topological polar surface area (TPSA) is 118 Å². The number of rotatable bonds is 4. The molecule has 1 aliphatic heterocycles. The molecule has 1 aliphatic rings. The molecule has 0 aliphatic carbocycles. The fourth-order valence-electron chi connectivity index (χ4n) is 2.52. The molecule has 0 bridgehead atoms. The van der Waals surface area contributed by atoms with Crippen molar-refractivity contribution in [3.8, 4) is 0 Å². The zero-order valence-corrected chi connectivity index (χ0v) is 11.2. The van der Waals surface area contributed by atoms with E-state index in [4.69, 9.17) is 5.84 Å². The average Bonchev–Trinajstić information content (AvgIpc) is 2.71. The van der Waals surface area contributed by atoms with Crippen molar-refractivity contribution in [3.63, 3.8) is 0 Å². The van der Waals surface area contributed by atoms with Gasteiger partial charge >= 0.3 is 5.69 Å². The number of hydrazine groups is 1. The number of anilines is 2. The zero-order valence-electron chi connectivity index (χ0n) is 11.2. The van der Waals surface area contributed by atoms with Crippen LogP contribution in [0.15, 0.2) is 12.1 Å². The maximum absolute atomic E-state index is 11.2. The average molecular weight is 281 g/mol. The molecule has 0 saturated carbocycles. The van der Waals surface area contributed by atoms with Crippen molar-refractivity contribution in [2.75, 3.05) is 23.5 Å². The Bertz CT molecular complexity index is 482. The summed E-state index contributed by atoms with van der Waals surface area (Å²) in [6.07, 6.45) is 3.78. The molecule has 2 rings (SSSR count). The van der Waals surface area contributed by atoms with E-state index in [-0.39, 0.29) is 24.2 Å². The first-order valence-corrected chi connectivity index (χ1v) is 6.67. The molecule has 1 aromatic heterocycles. The first-order chi connectivity index (χ1) is 9.67. The van der Waals surface area contributed by atoms with Gasteiger partial charge in [0, 0.05) is 12.6 Å². The number of hydrogen-bond donors (Lipinski definition) is 3. The van der Waals surface area contributed by atoms with E-state index in [1.54, 1.807) is 0 Å². The maximum atomic E-state index is 11.2. The van der Waals surface area contributed by atoms with Gasteiger partial charge in [-0.2, -0.15) is 0 Å². The highest BCUT2D eigenvalue weighted by molar-refractivity contribution is 5.62. The predicted octanol–water partition coefficient (Wildman–Crippen LogP) is 1.02. The molecule has 0 radical (unpaired) electrons. The van der Waals surface area contributed by atoms with Gasteiger partial charge in [0.15, 0.2) is 0 Å². The molecule has 1 fully saturated rings. The first-order valence-electron chi connectivity index (χ1n) is 6.67. The highest BCUT2D eigenvalue weighted by Gasteiger charge is 2.28. The summed E-state index contributed by atoms with van der Waals surface area (Å²) in [6, 6.07) is 2.71. The number of hydrogen-bond acceptors (Lipinski definition) is 7. The Kier molecular flexibility index (Phi) is 4.70. The van der Waals surface area contributed by atoms with Crippen LogP contribution in [-0.2, 0) is 0 Å². The Morgan fingerprint density at radius 1 is 1.50 bits per heavy atom. The molecule has 8 nitrogen and oxygen atoms in total. The molecular formula is C12H19N5O3. The summed E-state index contributed by atoms with van der Waals surface area (Å²) in [5.74, 6) is 5.96. The number of aliphatic hydroxyl groups excluding tert-OH is 1. The molecule has 20 heavy (non-hydrogen) atoms. The molecular weight excluding hydrogens is 262 g/mol. The van der Waals surface area contributed by atoms with Crippen LogP contribution in [0.2, 0.25) is 0 Å². The quantitative estimate of drug-likeness (QED) is 0.428. The number of aliphatic hydroxyl groups is 1. The third kappa shape index (κ3) is 2.97. The van der Waals surface area contributed by atoms with Crippen LogP contribution < -0.4 is 16.2 Å². The molecule has 1 unspecified atom stereocenters. The van der Waals surface area contributed by atoms with Crippen molar-refractivity contribution < 1.29 is 10.0 Å². The SMILES string of the molecule is NNc1ccc([N+](=O)[O-])c(N2CCCCCC2CO)n1. The fourth-order valence-corrected chi connectivity index (χ4v) is 2.52. The zero-order chi connectivity index (χ0) is 14.5. The van der Waals surface area contributed by atoms with Gasteiger partial charge in [0.25, 0.3) is 0 Å². The van der Waals surface area contributed by atoms with Crippen molar-refractivity contribution in [1.29, 1.82) is 0 Å². The summed E-state index contributed by atoms with van der Waals surface area (Å²) >= 11 is 0. The van der Waals surface area contributed by atoms with Gasteiger partial charge < -0.3 is 15.4 Å². The normalized spacial score (nSPS) is 19.5. The minimum atomic E-state index is -0.456. The van der Waals surface area contributed by atoms with Crippen molar-refractivity contribution in [2.45, 2.75) is 31.7 Å². The van der Waals surface area contributed by atoms with Gasteiger partial charge in [-0.3, -0.25) is 10.1 Å². The van der Waals surface area contributed by atoms with Gasteiger partial charge in [0.2, 0.25) is 5.82 Å². The summed E-state index contributed by atoms with van der Waals surface area (Å²) in [7, 11) is 0. The van der Waals surface area contributed by atoms with Gasteiger partial charge in [-0.25, -0.2) is 10.8 Å². The van der Waals surface area contributed by atoms with Crippen LogP contribution in [0, 0.1) is 10.1 Å². The van der Waals surface area contributed by atoms with E-state index in [0.717, 1.165) is 25.7 Å². The molecule has 1 aromatic rings. The number of pyridine rings is 1. The lowest BCUT2D eigenvalue weighted by Gasteiger charge is -2.29. The number of nitrogens with zero attached hydrogens (tertiary/aromatic N) is 3. The van der Waals surface area contributed by atoms with E-state index in [1.165, 1.54) is 12.1 Å². The summed E-state index contributed by atoms with van der Waals surface area (Å²) < 4.78 is 0. The van der Waals surface area contributed by atoms with Gasteiger partial charge in [-0.05, 0) is 18.9 Å². The highest BCUT2D eigenvalue weighted by atomic mass is 16.6. The van der Waals surface area contributed by atoms with Crippen LogP contribution in [0.4, 0.5) is 17.3 Å². The molecule has 0 amide bonds. The molecule has 2 heterocycles. The van der Waals surface area contributed by atoms with Gasteiger partial charge in [0.05, 0.1) is 17.6 Å². The molecule has 8 heteroatoms. The Morgan fingerprint density at radius 2 is 2.30 bits per heavy atom. The summed E-state index contributed by atoms with van der Waals surface area (Å²) in [5, 5.41) is 20.7. The van der Waals surface area contributed by atoms with Crippen LogP contribution in [0.5, 0.6) is 0 Å². The second-order valence-corrected chi connectivity index (χ2v) is 4.82. The molecule has 0 aromatic carbocycles. The van der Waals surface area contributed by atoms with Gasteiger partial charge in [-0.1, -0.05) is 12.8 Å². The molecule has 0 spiro atoms. The third-order valence-corrected chi connectivity index (χ3v) is 3.56. The second kappa shape index (κ2) is 6.49. The van der Waals surface area contributed by atoms with E-state index < -0.39 is 4.92 Å². The van der Waals surface area contributed by atoms with Crippen LogP contribution in [0.1, 0.15) is 25.7 Å². The van der Waals surface area contributed by atoms with E-state index in [1.807, 2.05) is 4.90 Å². The smallest absolute Gasteiger partial charge is 0.311 e. The highest BCUT2D eigenvalue weighted by Crippen LogP contribution is 2.31. The Morgan fingerprint density at radius 3 is 2.95 bits per heavy atom. The third-order valence-electron chi connectivity index (χ3n) is 3.56. The minimum Gasteiger partial charge on any atom is -0.394 e. The summed E-state index contributed by atoms with van der Waals surface area (Å²) in [4.78, 5) is 16.8. The minimum absolute atomic E-state index is 0.0425. The van der Waals surface area contributed by atoms with E-state index in [0.29, 0.717) is 12.4 Å². The first kappa shape index (κ1) is 14.5. The monoisotopic (exact) mass is 281 g/mol. The van der Waals surface area contributed by atoms with Crippen LogP contribution >= 0.6 is 0 Å². The lowest BCUT2D eigenvalue weighted by Crippen LogP contribution is -2.38. The van der Waals surface area contributed by atoms with Crippen LogP contribution in [0.3, 0.4) is 0 Å². The number of nitrogen functional groups attached to an aromatic ring is 1. The molecule has 1 atom stereocenters. The van der Waals surface area contributed by atoms with E-state index in [2.05, 4.69) is 10.4 Å². The standard InChI is InChI=1S/C12H19N5O3/c13-15-11-6-5-10(17(19)20)12(14-11)16-7-3-1-2-4-9(16)8-18/h5-6,9,18H,1-4,7-8,13H2,(H,14,15). The summed E-state index contributed by atoms with van der Waals surface area (Å²) in [5.41, 5.74) is 2.33. The molecule has 4 N–H and O–H groups in total. The van der Waals surface area contributed by atoms with E-state index in [9.17, 15) is 15.2 Å². The lowest BCUT2D eigenvalue weighted by molar-refractivity contribution is -0.384. The Labute approximate surface area is 116 Å². The van der Waals surface area contributed by atoms with Crippen molar-refractivity contribution in [3.05, 3.63) is 22.2 Å². The maximum Gasteiger partial charge on any atom is 0.311 e. The lowest BCUT2D eigenvalue weighted by atomic mass is 10.1. The van der Waals surface area contributed by atoms with E-state index >= 15 is 0 Å². The summed E-state index contributed by atoms with van der Waals surface area (Å²) in [6.45, 7) is 0.603. The van der Waals surface area contributed by atoms with Crippen molar-refractivity contribution in [1.82, 2.24) is 4.98 Å². The molecule has 1 saturated heterocycles. The van der Waals surface area contributed by atoms with Gasteiger partial charge in [0.1, 0.15) is 5.82 Å². The predicted molar refractivity (Wildman–Crippen MR) is 75.4 cm³/mol. The Balaban J connectivity index is 2.43.